The van der Waals surface area contributed by atoms with E-state index in [1.807, 2.05) is 4.90 Å². The molecule has 0 bridgehead atoms. The standard InChI is InChI=1S/C20H30N2O2/c1-17-3-5-18(6-4-17)15-21-11-7-20(8-12-21)9-13-22(14-10-20)19(23)16-24-2/h3-6H,7-16H2,1-2H3. The highest BCUT2D eigenvalue weighted by atomic mass is 16.5. The van der Waals surface area contributed by atoms with Gasteiger partial charge in [-0.25, -0.2) is 0 Å². The number of carbonyl (C=O) groups excluding carboxylic acids is 1. The third-order valence-electron chi connectivity index (χ3n) is 5.89. The molecule has 2 aliphatic heterocycles. The molecular weight excluding hydrogens is 300 g/mol. The van der Waals surface area contributed by atoms with Crippen molar-refractivity contribution in [1.29, 1.82) is 0 Å². The molecule has 4 heteroatoms. The normalized spacial score (nSPS) is 21.2. The van der Waals surface area contributed by atoms with Gasteiger partial charge < -0.3 is 9.64 Å². The maximum atomic E-state index is 11.9. The molecule has 132 valence electrons. The van der Waals surface area contributed by atoms with Crippen LogP contribution in [0.5, 0.6) is 0 Å². The molecule has 2 aliphatic rings. The third kappa shape index (κ3) is 4.17. The van der Waals surface area contributed by atoms with Gasteiger partial charge in [-0.15, -0.1) is 0 Å². The lowest BCUT2D eigenvalue weighted by Gasteiger charge is -2.47. The Balaban J connectivity index is 1.47. The molecule has 2 fully saturated rings. The number of hydrogen-bond donors (Lipinski definition) is 0. The van der Waals surface area contributed by atoms with E-state index in [4.69, 9.17) is 4.74 Å². The molecule has 1 amide bonds. The Morgan fingerprint density at radius 3 is 2.21 bits per heavy atom. The average Bonchev–Trinajstić information content (AvgIpc) is 2.60. The first-order valence-corrected chi connectivity index (χ1v) is 9.15. The van der Waals surface area contributed by atoms with Crippen molar-refractivity contribution in [2.24, 2.45) is 5.41 Å². The van der Waals surface area contributed by atoms with Crippen molar-refractivity contribution in [3.63, 3.8) is 0 Å². The average molecular weight is 330 g/mol. The number of benzene rings is 1. The molecule has 0 unspecified atom stereocenters. The van der Waals surface area contributed by atoms with Crippen LogP contribution in [0.4, 0.5) is 0 Å². The van der Waals surface area contributed by atoms with Crippen molar-refractivity contribution in [3.05, 3.63) is 35.4 Å². The number of amides is 1. The van der Waals surface area contributed by atoms with E-state index >= 15 is 0 Å². The van der Waals surface area contributed by atoms with Crippen LogP contribution >= 0.6 is 0 Å². The Kier molecular flexibility index (Phi) is 5.57. The third-order valence-corrected chi connectivity index (χ3v) is 5.89. The first-order chi connectivity index (χ1) is 11.6. The van der Waals surface area contributed by atoms with E-state index in [1.54, 1.807) is 7.11 Å². The summed E-state index contributed by atoms with van der Waals surface area (Å²) in [5.74, 6) is 0.143. The van der Waals surface area contributed by atoms with Crippen LogP contribution in [0.3, 0.4) is 0 Å². The van der Waals surface area contributed by atoms with E-state index < -0.39 is 0 Å². The molecule has 0 saturated carbocycles. The molecule has 0 aromatic heterocycles. The van der Waals surface area contributed by atoms with Crippen LogP contribution in [-0.4, -0.2) is 55.6 Å². The Labute approximate surface area is 145 Å². The maximum absolute atomic E-state index is 11.9. The van der Waals surface area contributed by atoms with Gasteiger partial charge in [0.05, 0.1) is 0 Å². The van der Waals surface area contributed by atoms with Gasteiger partial charge in [0.1, 0.15) is 6.61 Å². The van der Waals surface area contributed by atoms with Crippen molar-refractivity contribution in [1.82, 2.24) is 9.80 Å². The van der Waals surface area contributed by atoms with E-state index in [0.29, 0.717) is 5.41 Å². The zero-order chi connectivity index (χ0) is 17.0. The zero-order valence-corrected chi connectivity index (χ0v) is 15.1. The lowest BCUT2D eigenvalue weighted by atomic mass is 9.71. The number of likely N-dealkylation sites (tertiary alicyclic amines) is 2. The molecule has 1 aromatic carbocycles. The maximum Gasteiger partial charge on any atom is 0.248 e. The van der Waals surface area contributed by atoms with Gasteiger partial charge >= 0.3 is 0 Å². The number of nitrogens with zero attached hydrogens (tertiary/aromatic N) is 2. The second-order valence-electron chi connectivity index (χ2n) is 7.58. The highest BCUT2D eigenvalue weighted by molar-refractivity contribution is 5.77. The molecule has 1 spiro atoms. The minimum absolute atomic E-state index is 0.143. The summed E-state index contributed by atoms with van der Waals surface area (Å²) >= 11 is 0. The molecule has 2 heterocycles. The Hall–Kier alpha value is -1.39. The summed E-state index contributed by atoms with van der Waals surface area (Å²) in [4.78, 5) is 16.5. The van der Waals surface area contributed by atoms with Crippen LogP contribution in [-0.2, 0) is 16.1 Å². The fourth-order valence-corrected chi connectivity index (χ4v) is 4.08. The Morgan fingerprint density at radius 2 is 1.62 bits per heavy atom. The molecule has 0 radical (unpaired) electrons. The lowest BCUT2D eigenvalue weighted by molar-refractivity contribution is -0.138. The number of hydrogen-bond acceptors (Lipinski definition) is 3. The van der Waals surface area contributed by atoms with Gasteiger partial charge in [-0.2, -0.15) is 0 Å². The topological polar surface area (TPSA) is 32.8 Å². The Morgan fingerprint density at radius 1 is 1.04 bits per heavy atom. The molecular formula is C20H30N2O2. The van der Waals surface area contributed by atoms with Gasteiger partial charge in [0.25, 0.3) is 0 Å². The van der Waals surface area contributed by atoms with Gasteiger partial charge in [0.15, 0.2) is 0 Å². The number of rotatable bonds is 4. The van der Waals surface area contributed by atoms with E-state index in [1.165, 1.54) is 37.1 Å². The van der Waals surface area contributed by atoms with Gasteiger partial charge in [-0.1, -0.05) is 29.8 Å². The second-order valence-corrected chi connectivity index (χ2v) is 7.58. The number of carbonyl (C=O) groups is 1. The predicted molar refractivity (Wildman–Crippen MR) is 95.8 cm³/mol. The van der Waals surface area contributed by atoms with Crippen LogP contribution in [0.25, 0.3) is 0 Å². The van der Waals surface area contributed by atoms with E-state index in [-0.39, 0.29) is 12.5 Å². The van der Waals surface area contributed by atoms with Crippen molar-refractivity contribution < 1.29 is 9.53 Å². The number of piperidine rings is 2. The van der Waals surface area contributed by atoms with E-state index in [9.17, 15) is 4.79 Å². The molecule has 24 heavy (non-hydrogen) atoms. The monoisotopic (exact) mass is 330 g/mol. The summed E-state index contributed by atoms with van der Waals surface area (Å²) in [5.41, 5.74) is 3.20. The highest BCUT2D eigenvalue weighted by Crippen LogP contribution is 2.41. The summed E-state index contributed by atoms with van der Waals surface area (Å²) < 4.78 is 4.97. The molecule has 4 nitrogen and oxygen atoms in total. The molecule has 0 aliphatic carbocycles. The van der Waals surface area contributed by atoms with E-state index in [0.717, 1.165) is 32.5 Å². The smallest absolute Gasteiger partial charge is 0.248 e. The van der Waals surface area contributed by atoms with E-state index in [2.05, 4.69) is 36.1 Å². The molecule has 1 aromatic rings. The lowest BCUT2D eigenvalue weighted by Crippen LogP contribution is -2.48. The summed E-state index contributed by atoms with van der Waals surface area (Å²) in [6, 6.07) is 8.90. The highest BCUT2D eigenvalue weighted by Gasteiger charge is 2.38. The number of aryl methyl sites for hydroxylation is 1. The predicted octanol–water partition coefficient (Wildman–Crippen LogP) is 2.85. The number of methoxy groups -OCH3 is 1. The molecule has 0 N–H and O–H groups in total. The minimum atomic E-state index is 0.143. The first-order valence-electron chi connectivity index (χ1n) is 9.15. The van der Waals surface area contributed by atoms with Crippen LogP contribution in [0.15, 0.2) is 24.3 Å². The van der Waals surface area contributed by atoms with Gasteiger partial charge in [0, 0.05) is 26.7 Å². The van der Waals surface area contributed by atoms with Gasteiger partial charge in [0.2, 0.25) is 5.91 Å². The van der Waals surface area contributed by atoms with Crippen molar-refractivity contribution >= 4 is 5.91 Å². The summed E-state index contributed by atoms with van der Waals surface area (Å²) in [6.07, 6.45) is 4.85. The van der Waals surface area contributed by atoms with Gasteiger partial charge in [-0.3, -0.25) is 9.69 Å². The van der Waals surface area contributed by atoms with Crippen LogP contribution in [0.2, 0.25) is 0 Å². The van der Waals surface area contributed by atoms with Gasteiger partial charge in [-0.05, 0) is 56.7 Å². The number of ether oxygens (including phenoxy) is 1. The Bertz CT molecular complexity index is 537. The van der Waals surface area contributed by atoms with Crippen LogP contribution in [0.1, 0.15) is 36.8 Å². The quantitative estimate of drug-likeness (QED) is 0.851. The zero-order valence-electron chi connectivity index (χ0n) is 15.1. The summed E-state index contributed by atoms with van der Waals surface area (Å²) in [7, 11) is 1.59. The van der Waals surface area contributed by atoms with Crippen molar-refractivity contribution in [3.8, 4) is 0 Å². The van der Waals surface area contributed by atoms with Crippen molar-refractivity contribution in [2.75, 3.05) is 39.9 Å². The fraction of sp³-hybridized carbons (Fsp3) is 0.650. The molecule has 3 rings (SSSR count). The second kappa shape index (κ2) is 7.66. The SMILES string of the molecule is COCC(=O)N1CCC2(CCN(Cc3ccc(C)cc3)CC2)CC1. The summed E-state index contributed by atoms with van der Waals surface area (Å²) in [5, 5.41) is 0. The fourth-order valence-electron chi connectivity index (χ4n) is 4.08. The van der Waals surface area contributed by atoms with Crippen molar-refractivity contribution in [2.45, 2.75) is 39.2 Å². The summed E-state index contributed by atoms with van der Waals surface area (Å²) in [6.45, 7) is 7.59. The largest absolute Gasteiger partial charge is 0.375 e. The first kappa shape index (κ1) is 17.4. The van der Waals surface area contributed by atoms with Crippen LogP contribution < -0.4 is 0 Å². The van der Waals surface area contributed by atoms with Crippen LogP contribution in [0, 0.1) is 12.3 Å². The molecule has 0 atom stereocenters. The minimum Gasteiger partial charge on any atom is -0.375 e. The molecule has 2 saturated heterocycles.